The van der Waals surface area contributed by atoms with Gasteiger partial charge >= 0.3 is 0 Å². The molecule has 0 aromatic heterocycles. The monoisotopic (exact) mass is 290 g/mol. The normalized spacial score (nSPS) is 35.8. The number of hydrogen-bond acceptors (Lipinski definition) is 1. The van der Waals surface area contributed by atoms with Crippen molar-refractivity contribution in [1.82, 2.24) is 0 Å². The molecular formula is C15H24Cl2O. The number of halogens is 2. The van der Waals surface area contributed by atoms with Crippen molar-refractivity contribution >= 4 is 29.0 Å². The van der Waals surface area contributed by atoms with E-state index in [0.29, 0.717) is 5.92 Å². The van der Waals surface area contributed by atoms with Gasteiger partial charge in [-0.15, -0.1) is 23.2 Å². The van der Waals surface area contributed by atoms with Gasteiger partial charge in [0.1, 0.15) is 0 Å². The van der Waals surface area contributed by atoms with Gasteiger partial charge < -0.3 is 0 Å². The van der Waals surface area contributed by atoms with Crippen LogP contribution < -0.4 is 0 Å². The molecule has 0 amide bonds. The molecule has 0 saturated heterocycles. The quantitative estimate of drug-likeness (QED) is 0.522. The van der Waals surface area contributed by atoms with E-state index >= 15 is 0 Å². The van der Waals surface area contributed by atoms with Crippen LogP contribution in [0.2, 0.25) is 0 Å². The van der Waals surface area contributed by atoms with Crippen LogP contribution in [0.4, 0.5) is 0 Å². The number of allylic oxidation sites excluding steroid dienone is 2. The van der Waals surface area contributed by atoms with Gasteiger partial charge in [-0.1, -0.05) is 19.4 Å². The van der Waals surface area contributed by atoms with Gasteiger partial charge in [-0.25, -0.2) is 0 Å². The molecule has 2 unspecified atom stereocenters. The Bertz CT molecular complexity index is 369. The summed E-state index contributed by atoms with van der Waals surface area (Å²) in [7, 11) is 0. The maximum Gasteiger partial charge on any atom is 0.155 e. The summed E-state index contributed by atoms with van der Waals surface area (Å²) in [5.41, 5.74) is 1.98. The van der Waals surface area contributed by atoms with E-state index in [2.05, 4.69) is 13.8 Å². The number of Topliss-reactive ketones (excluding diaryl/α,β-unsaturated/α-hetero) is 1. The first-order chi connectivity index (χ1) is 8.05. The van der Waals surface area contributed by atoms with E-state index in [0.717, 1.165) is 36.8 Å². The molecule has 0 aliphatic heterocycles. The van der Waals surface area contributed by atoms with Crippen molar-refractivity contribution in [3.8, 4) is 0 Å². The molecule has 104 valence electrons. The molecule has 1 saturated carbocycles. The van der Waals surface area contributed by atoms with Gasteiger partial charge in [-0.3, -0.25) is 4.79 Å². The van der Waals surface area contributed by atoms with Crippen LogP contribution in [0.5, 0.6) is 0 Å². The highest BCUT2D eigenvalue weighted by atomic mass is 35.5. The first-order valence-corrected chi connectivity index (χ1v) is 7.38. The second kappa shape index (κ2) is 5.54. The van der Waals surface area contributed by atoms with Crippen molar-refractivity contribution in [2.45, 2.75) is 70.1 Å². The second-order valence-electron chi connectivity index (χ2n) is 6.48. The van der Waals surface area contributed by atoms with Crippen molar-refractivity contribution < 1.29 is 4.79 Å². The van der Waals surface area contributed by atoms with E-state index in [1.165, 1.54) is 0 Å². The fourth-order valence-electron chi connectivity index (χ4n) is 3.07. The zero-order valence-electron chi connectivity index (χ0n) is 12.1. The third-order valence-corrected chi connectivity index (χ3v) is 4.32. The molecule has 0 heterocycles. The zero-order chi connectivity index (χ0) is 14.1. The minimum absolute atomic E-state index is 0.128. The molecule has 0 aromatic rings. The standard InChI is InChI=1S/C15H24Cl2O/c1-10(2)6-15(17)8-13(11(3)12(4)18)7-14(5,16)9-15/h10H,6-9H2,1-5H3/b13-11+. The zero-order valence-corrected chi connectivity index (χ0v) is 13.6. The molecule has 1 aliphatic rings. The summed E-state index contributed by atoms with van der Waals surface area (Å²) < 4.78 is 0. The van der Waals surface area contributed by atoms with Gasteiger partial charge in [0.15, 0.2) is 5.78 Å². The summed E-state index contributed by atoms with van der Waals surface area (Å²) in [6.07, 6.45) is 3.30. The van der Waals surface area contributed by atoms with Crippen molar-refractivity contribution in [2.75, 3.05) is 0 Å². The molecule has 1 aliphatic carbocycles. The third-order valence-electron chi connectivity index (χ3n) is 3.63. The lowest BCUT2D eigenvalue weighted by Gasteiger charge is -2.42. The van der Waals surface area contributed by atoms with Gasteiger partial charge in [-0.05, 0) is 57.9 Å². The largest absolute Gasteiger partial charge is 0.295 e. The van der Waals surface area contributed by atoms with Crippen LogP contribution in [0, 0.1) is 5.92 Å². The molecule has 3 heteroatoms. The van der Waals surface area contributed by atoms with Crippen molar-refractivity contribution in [3.63, 3.8) is 0 Å². The lowest BCUT2D eigenvalue weighted by Crippen LogP contribution is -2.39. The van der Waals surface area contributed by atoms with Crippen molar-refractivity contribution in [1.29, 1.82) is 0 Å². The summed E-state index contributed by atoms with van der Waals surface area (Å²) in [6, 6.07) is 0. The summed E-state index contributed by atoms with van der Waals surface area (Å²) in [6.45, 7) is 9.87. The lowest BCUT2D eigenvalue weighted by molar-refractivity contribution is -0.113. The predicted octanol–water partition coefficient (Wildman–Crippen LogP) is 5.10. The van der Waals surface area contributed by atoms with Gasteiger partial charge in [0.2, 0.25) is 0 Å². The highest BCUT2D eigenvalue weighted by Crippen LogP contribution is 2.49. The minimum atomic E-state index is -0.332. The number of ketones is 1. The summed E-state index contributed by atoms with van der Waals surface area (Å²) >= 11 is 13.3. The maximum absolute atomic E-state index is 11.5. The topological polar surface area (TPSA) is 17.1 Å². The Balaban J connectivity index is 3.06. The fraction of sp³-hybridized carbons (Fsp3) is 0.800. The maximum atomic E-state index is 11.5. The molecule has 0 radical (unpaired) electrons. The molecule has 0 N–H and O–H groups in total. The van der Waals surface area contributed by atoms with Crippen LogP contribution >= 0.6 is 23.2 Å². The van der Waals surface area contributed by atoms with E-state index in [-0.39, 0.29) is 15.5 Å². The molecule has 2 atom stereocenters. The molecular weight excluding hydrogens is 267 g/mol. The van der Waals surface area contributed by atoms with Crippen LogP contribution in [0.15, 0.2) is 11.1 Å². The van der Waals surface area contributed by atoms with E-state index < -0.39 is 0 Å². The minimum Gasteiger partial charge on any atom is -0.295 e. The molecule has 1 fully saturated rings. The number of carbonyl (C=O) groups excluding carboxylic acids is 1. The number of alkyl halides is 2. The number of rotatable bonds is 3. The second-order valence-corrected chi connectivity index (χ2v) is 8.19. The van der Waals surface area contributed by atoms with E-state index in [4.69, 9.17) is 23.2 Å². The molecule has 0 aromatic carbocycles. The average molecular weight is 291 g/mol. The van der Waals surface area contributed by atoms with Crippen LogP contribution in [-0.4, -0.2) is 15.5 Å². The van der Waals surface area contributed by atoms with Crippen LogP contribution in [0.3, 0.4) is 0 Å². The fourth-order valence-corrected chi connectivity index (χ4v) is 4.32. The van der Waals surface area contributed by atoms with Gasteiger partial charge in [0, 0.05) is 4.87 Å². The van der Waals surface area contributed by atoms with Gasteiger partial charge in [-0.2, -0.15) is 0 Å². The summed E-state index contributed by atoms with van der Waals surface area (Å²) in [4.78, 5) is 10.9. The Labute approximate surface area is 121 Å². The summed E-state index contributed by atoms with van der Waals surface area (Å²) in [5, 5.41) is 0. The van der Waals surface area contributed by atoms with E-state index in [9.17, 15) is 4.79 Å². The van der Waals surface area contributed by atoms with E-state index in [1.807, 2.05) is 13.8 Å². The van der Waals surface area contributed by atoms with Crippen LogP contribution in [0.1, 0.15) is 60.3 Å². The lowest BCUT2D eigenvalue weighted by atomic mass is 9.73. The van der Waals surface area contributed by atoms with Crippen LogP contribution in [-0.2, 0) is 4.79 Å². The van der Waals surface area contributed by atoms with E-state index in [1.54, 1.807) is 6.92 Å². The highest BCUT2D eigenvalue weighted by Gasteiger charge is 2.43. The first kappa shape index (κ1) is 16.0. The Morgan fingerprint density at radius 2 is 1.83 bits per heavy atom. The summed E-state index contributed by atoms with van der Waals surface area (Å²) in [5.74, 6) is 0.662. The Morgan fingerprint density at radius 3 is 2.28 bits per heavy atom. The van der Waals surface area contributed by atoms with Crippen molar-refractivity contribution in [2.24, 2.45) is 5.92 Å². The molecule has 1 nitrogen and oxygen atoms in total. The number of hydrogen-bond donors (Lipinski definition) is 0. The third kappa shape index (κ3) is 4.28. The molecule has 18 heavy (non-hydrogen) atoms. The average Bonchev–Trinajstić information content (AvgIpc) is 2.10. The Kier molecular flexibility index (Phi) is 4.94. The van der Waals surface area contributed by atoms with Gasteiger partial charge in [0.25, 0.3) is 0 Å². The molecule has 0 spiro atoms. The Morgan fingerprint density at radius 1 is 1.28 bits per heavy atom. The molecule has 1 rings (SSSR count). The first-order valence-electron chi connectivity index (χ1n) is 6.62. The van der Waals surface area contributed by atoms with Crippen LogP contribution in [0.25, 0.3) is 0 Å². The van der Waals surface area contributed by atoms with Crippen molar-refractivity contribution in [3.05, 3.63) is 11.1 Å². The predicted molar refractivity (Wildman–Crippen MR) is 79.5 cm³/mol. The number of carbonyl (C=O) groups is 1. The highest BCUT2D eigenvalue weighted by molar-refractivity contribution is 6.28. The Hall–Kier alpha value is -0.0100. The SMILES string of the molecule is CC(=O)/C(C)=C1\CC(C)(Cl)CC(Cl)(CC(C)C)C1. The van der Waals surface area contributed by atoms with Gasteiger partial charge in [0.05, 0.1) is 4.87 Å². The molecule has 0 bridgehead atoms. The smallest absolute Gasteiger partial charge is 0.155 e.